The molecule has 3 rings (SSSR count). The third-order valence-electron chi connectivity index (χ3n) is 4.52. The maximum atomic E-state index is 12.5. The largest absolute Gasteiger partial charge is 0.324 e. The average molecular weight is 327 g/mol. The van der Waals surface area contributed by atoms with Gasteiger partial charge in [0.1, 0.15) is 0 Å². The zero-order chi connectivity index (χ0) is 16.9. The van der Waals surface area contributed by atoms with Crippen LogP contribution >= 0.6 is 0 Å². The van der Waals surface area contributed by atoms with Crippen LogP contribution in [0, 0.1) is 5.92 Å². The molecule has 1 fully saturated rings. The van der Waals surface area contributed by atoms with Crippen molar-refractivity contribution in [2.24, 2.45) is 5.92 Å². The second-order valence-corrected chi connectivity index (χ2v) is 6.38. The van der Waals surface area contributed by atoms with Crippen LogP contribution in [0.15, 0.2) is 42.7 Å². The van der Waals surface area contributed by atoms with Crippen LogP contribution in [0.1, 0.15) is 13.3 Å². The van der Waals surface area contributed by atoms with E-state index in [-0.39, 0.29) is 6.03 Å². The molecule has 6 heteroatoms. The standard InChI is InChI=1S/C18H25N5O/c1-3-22(14-15-9-12-21(2)13-15)18(24)20-16-5-7-17(8-6-16)23-11-4-10-19-23/h4-8,10-11,15H,3,9,12-14H2,1-2H3,(H,20,24)/t15-/m1/s1. The van der Waals surface area contributed by atoms with E-state index in [1.54, 1.807) is 10.9 Å². The highest BCUT2D eigenvalue weighted by molar-refractivity contribution is 5.89. The molecule has 1 N–H and O–H groups in total. The summed E-state index contributed by atoms with van der Waals surface area (Å²) in [5.41, 5.74) is 1.78. The molecule has 2 heterocycles. The summed E-state index contributed by atoms with van der Waals surface area (Å²) in [6.45, 7) is 5.76. The molecule has 0 saturated carbocycles. The molecule has 0 spiro atoms. The lowest BCUT2D eigenvalue weighted by Gasteiger charge is -2.24. The van der Waals surface area contributed by atoms with Crippen molar-refractivity contribution in [1.29, 1.82) is 0 Å². The third kappa shape index (κ3) is 3.94. The van der Waals surface area contributed by atoms with E-state index >= 15 is 0 Å². The van der Waals surface area contributed by atoms with Crippen molar-refractivity contribution in [2.45, 2.75) is 13.3 Å². The number of benzene rings is 1. The Balaban J connectivity index is 1.58. The van der Waals surface area contributed by atoms with Gasteiger partial charge in [-0.3, -0.25) is 0 Å². The van der Waals surface area contributed by atoms with Gasteiger partial charge in [-0.2, -0.15) is 5.10 Å². The summed E-state index contributed by atoms with van der Waals surface area (Å²) < 4.78 is 1.79. The quantitative estimate of drug-likeness (QED) is 0.918. The predicted octanol–water partition coefficient (Wildman–Crippen LogP) is 2.68. The van der Waals surface area contributed by atoms with Gasteiger partial charge in [0.05, 0.1) is 5.69 Å². The summed E-state index contributed by atoms with van der Waals surface area (Å²) >= 11 is 0. The zero-order valence-electron chi connectivity index (χ0n) is 14.4. The molecule has 1 aromatic carbocycles. The van der Waals surface area contributed by atoms with Crippen molar-refractivity contribution < 1.29 is 4.79 Å². The lowest BCUT2D eigenvalue weighted by Crippen LogP contribution is -2.38. The summed E-state index contributed by atoms with van der Waals surface area (Å²) in [6.07, 6.45) is 4.80. The predicted molar refractivity (Wildman–Crippen MR) is 95.4 cm³/mol. The highest BCUT2D eigenvalue weighted by Gasteiger charge is 2.23. The van der Waals surface area contributed by atoms with E-state index < -0.39 is 0 Å². The average Bonchev–Trinajstić information content (AvgIpc) is 3.25. The summed E-state index contributed by atoms with van der Waals surface area (Å²) in [4.78, 5) is 16.7. The minimum atomic E-state index is -0.0288. The van der Waals surface area contributed by atoms with Gasteiger partial charge in [0.2, 0.25) is 0 Å². The van der Waals surface area contributed by atoms with E-state index in [0.29, 0.717) is 5.92 Å². The van der Waals surface area contributed by atoms with Gasteiger partial charge in [-0.15, -0.1) is 0 Å². The van der Waals surface area contributed by atoms with E-state index in [1.807, 2.05) is 48.4 Å². The van der Waals surface area contributed by atoms with Crippen LogP contribution in [0.4, 0.5) is 10.5 Å². The van der Waals surface area contributed by atoms with Crippen LogP contribution in [-0.2, 0) is 0 Å². The van der Waals surface area contributed by atoms with Gasteiger partial charge >= 0.3 is 6.03 Å². The van der Waals surface area contributed by atoms with Gasteiger partial charge in [-0.1, -0.05) is 0 Å². The van der Waals surface area contributed by atoms with Gasteiger partial charge in [-0.25, -0.2) is 9.48 Å². The van der Waals surface area contributed by atoms with Crippen LogP contribution < -0.4 is 5.32 Å². The summed E-state index contributed by atoms with van der Waals surface area (Å²) in [7, 11) is 2.14. The number of urea groups is 1. The number of nitrogens with one attached hydrogen (secondary N) is 1. The van der Waals surface area contributed by atoms with Crippen LogP contribution in [0.5, 0.6) is 0 Å². The Bertz CT molecular complexity index is 653. The lowest BCUT2D eigenvalue weighted by molar-refractivity contribution is 0.204. The van der Waals surface area contributed by atoms with Crippen molar-refractivity contribution in [1.82, 2.24) is 19.6 Å². The molecule has 6 nitrogen and oxygen atoms in total. The van der Waals surface area contributed by atoms with Crippen molar-refractivity contribution in [3.8, 4) is 5.69 Å². The number of aromatic nitrogens is 2. The molecule has 1 saturated heterocycles. The number of likely N-dealkylation sites (tertiary alicyclic amines) is 1. The van der Waals surface area contributed by atoms with E-state index in [4.69, 9.17) is 0 Å². The number of carbonyl (C=O) groups is 1. The Hall–Kier alpha value is -2.34. The monoisotopic (exact) mass is 327 g/mol. The highest BCUT2D eigenvalue weighted by Crippen LogP contribution is 2.17. The molecule has 2 aromatic rings. The minimum Gasteiger partial charge on any atom is -0.324 e. The number of amides is 2. The lowest BCUT2D eigenvalue weighted by atomic mass is 10.1. The van der Waals surface area contributed by atoms with Gasteiger partial charge < -0.3 is 15.1 Å². The maximum absolute atomic E-state index is 12.5. The first-order valence-corrected chi connectivity index (χ1v) is 8.50. The number of anilines is 1. The first-order chi connectivity index (χ1) is 11.7. The second kappa shape index (κ2) is 7.49. The molecule has 1 aliphatic heterocycles. The Kier molecular flexibility index (Phi) is 5.15. The van der Waals surface area contributed by atoms with Gasteiger partial charge in [0.15, 0.2) is 0 Å². The molecule has 0 unspecified atom stereocenters. The van der Waals surface area contributed by atoms with Gasteiger partial charge in [-0.05, 0) is 63.2 Å². The Morgan fingerprint density at radius 3 is 2.75 bits per heavy atom. The number of hydrogen-bond donors (Lipinski definition) is 1. The molecule has 0 aliphatic carbocycles. The fraction of sp³-hybridized carbons (Fsp3) is 0.444. The molecule has 1 atom stereocenters. The fourth-order valence-electron chi connectivity index (χ4n) is 3.16. The third-order valence-corrected chi connectivity index (χ3v) is 4.52. The highest BCUT2D eigenvalue weighted by atomic mass is 16.2. The summed E-state index contributed by atoms with van der Waals surface area (Å²) in [6, 6.07) is 9.57. The van der Waals surface area contributed by atoms with Crippen molar-refractivity contribution in [3.63, 3.8) is 0 Å². The van der Waals surface area contributed by atoms with E-state index in [2.05, 4.69) is 22.4 Å². The van der Waals surface area contributed by atoms with E-state index in [1.165, 1.54) is 6.42 Å². The SMILES string of the molecule is CCN(C[C@@H]1CCN(C)C1)C(=O)Nc1ccc(-n2cccn2)cc1. The minimum absolute atomic E-state index is 0.0288. The number of hydrogen-bond acceptors (Lipinski definition) is 3. The van der Waals surface area contributed by atoms with Gasteiger partial charge in [0.25, 0.3) is 0 Å². The smallest absolute Gasteiger partial charge is 0.321 e. The van der Waals surface area contributed by atoms with E-state index in [0.717, 1.165) is 37.6 Å². The van der Waals surface area contributed by atoms with Crippen LogP contribution in [0.2, 0.25) is 0 Å². The van der Waals surface area contributed by atoms with E-state index in [9.17, 15) is 4.79 Å². The molecule has 0 radical (unpaired) electrons. The summed E-state index contributed by atoms with van der Waals surface area (Å²) in [5.74, 6) is 0.572. The first-order valence-electron chi connectivity index (χ1n) is 8.50. The molecule has 1 aliphatic rings. The maximum Gasteiger partial charge on any atom is 0.321 e. The Morgan fingerprint density at radius 1 is 1.38 bits per heavy atom. The van der Waals surface area contributed by atoms with Crippen LogP contribution in [-0.4, -0.2) is 58.8 Å². The van der Waals surface area contributed by atoms with Crippen molar-refractivity contribution in [2.75, 3.05) is 38.5 Å². The molecule has 128 valence electrons. The molecule has 24 heavy (non-hydrogen) atoms. The first kappa shape index (κ1) is 16.5. The van der Waals surface area contributed by atoms with Crippen molar-refractivity contribution >= 4 is 11.7 Å². The number of rotatable bonds is 5. The molecule has 1 aromatic heterocycles. The number of carbonyl (C=O) groups excluding carboxylic acids is 1. The van der Waals surface area contributed by atoms with Crippen LogP contribution in [0.25, 0.3) is 5.69 Å². The Morgan fingerprint density at radius 2 is 2.17 bits per heavy atom. The summed E-state index contributed by atoms with van der Waals surface area (Å²) in [5, 5.41) is 7.19. The molecule has 0 bridgehead atoms. The molecular formula is C18H25N5O. The van der Waals surface area contributed by atoms with Crippen LogP contribution in [0.3, 0.4) is 0 Å². The normalized spacial score (nSPS) is 17.8. The number of nitrogens with zero attached hydrogens (tertiary/aromatic N) is 4. The molecule has 2 amide bonds. The Labute approximate surface area is 143 Å². The second-order valence-electron chi connectivity index (χ2n) is 6.38. The topological polar surface area (TPSA) is 53.4 Å². The van der Waals surface area contributed by atoms with Gasteiger partial charge in [0, 0.05) is 37.7 Å². The van der Waals surface area contributed by atoms with Crippen molar-refractivity contribution in [3.05, 3.63) is 42.7 Å². The zero-order valence-corrected chi connectivity index (χ0v) is 14.4. The fourth-order valence-corrected chi connectivity index (χ4v) is 3.16. The molecular weight excluding hydrogens is 302 g/mol.